The molecule has 6 rings (SSSR count). The van der Waals surface area contributed by atoms with Crippen LogP contribution in [-0.4, -0.2) is 81.2 Å². The number of H-pyrrole nitrogens is 1. The quantitative estimate of drug-likeness (QED) is 0.349. The standard InChI is InChI=1S/C19H19N7O3.C5H10O/c1-20-16-5-13(11-6-22-17-10(11)3-2-4-21-17)24-18-12(7-23-26(16)18)19(28)25-14-8-29-9-15(14)27;1-2-4-6-5-3-1/h2-7,14-15,20,27H,8-9H2,1H3,(H,21,22)(H,25,28);1-5H2. The molecular weight excluding hydrogens is 450 g/mol. The number of hydrogen-bond acceptors (Lipinski definition) is 8. The minimum absolute atomic E-state index is 0.209. The Hall–Kier alpha value is -3.54. The molecule has 2 saturated heterocycles. The van der Waals surface area contributed by atoms with E-state index in [1.54, 1.807) is 17.8 Å². The number of ether oxygens (including phenoxy) is 2. The van der Waals surface area contributed by atoms with Gasteiger partial charge in [0.2, 0.25) is 0 Å². The van der Waals surface area contributed by atoms with E-state index in [1.165, 1.54) is 25.5 Å². The maximum atomic E-state index is 12.8. The summed E-state index contributed by atoms with van der Waals surface area (Å²) in [7, 11) is 1.78. The first-order valence-corrected chi connectivity index (χ1v) is 11.8. The van der Waals surface area contributed by atoms with E-state index in [0.29, 0.717) is 22.7 Å². The van der Waals surface area contributed by atoms with E-state index in [1.807, 2.05) is 24.4 Å². The Bertz CT molecular complexity index is 1300. The third-order valence-electron chi connectivity index (χ3n) is 6.14. The number of pyridine rings is 1. The van der Waals surface area contributed by atoms with Gasteiger partial charge in [-0.15, -0.1) is 0 Å². The fourth-order valence-electron chi connectivity index (χ4n) is 4.22. The van der Waals surface area contributed by atoms with E-state index in [-0.39, 0.29) is 19.1 Å². The summed E-state index contributed by atoms with van der Waals surface area (Å²) in [5.41, 5.74) is 3.05. The van der Waals surface area contributed by atoms with Crippen LogP contribution in [0.25, 0.3) is 27.9 Å². The van der Waals surface area contributed by atoms with E-state index in [4.69, 9.17) is 14.5 Å². The lowest BCUT2D eigenvalue weighted by atomic mass is 10.1. The Morgan fingerprint density at radius 1 is 1.23 bits per heavy atom. The van der Waals surface area contributed by atoms with Gasteiger partial charge in [0, 0.05) is 49.7 Å². The van der Waals surface area contributed by atoms with Gasteiger partial charge in [-0.3, -0.25) is 4.79 Å². The van der Waals surface area contributed by atoms with Crippen LogP contribution in [0.3, 0.4) is 0 Å². The number of nitrogens with zero attached hydrogens (tertiary/aromatic N) is 4. The molecule has 0 radical (unpaired) electrons. The van der Waals surface area contributed by atoms with Crippen LogP contribution in [0.4, 0.5) is 5.82 Å². The van der Waals surface area contributed by atoms with Crippen molar-refractivity contribution in [3.05, 3.63) is 42.4 Å². The molecule has 4 aromatic rings. The van der Waals surface area contributed by atoms with E-state index >= 15 is 0 Å². The molecule has 0 aliphatic carbocycles. The Morgan fingerprint density at radius 2 is 2.09 bits per heavy atom. The van der Waals surface area contributed by atoms with Crippen LogP contribution < -0.4 is 10.6 Å². The molecule has 2 fully saturated rings. The van der Waals surface area contributed by atoms with E-state index in [9.17, 15) is 9.90 Å². The number of aromatic nitrogens is 5. The van der Waals surface area contributed by atoms with E-state index in [0.717, 1.165) is 29.8 Å². The highest BCUT2D eigenvalue weighted by Gasteiger charge is 2.29. The number of aliphatic hydroxyl groups is 1. The summed E-state index contributed by atoms with van der Waals surface area (Å²) in [5, 5.41) is 21.0. The summed E-state index contributed by atoms with van der Waals surface area (Å²) in [6.07, 6.45) is 8.24. The molecule has 0 saturated carbocycles. The molecule has 2 aliphatic rings. The molecule has 11 nitrogen and oxygen atoms in total. The Labute approximate surface area is 201 Å². The Balaban J connectivity index is 0.000000371. The maximum Gasteiger partial charge on any atom is 0.257 e. The number of carbonyl (C=O) groups is 1. The number of aromatic amines is 1. The van der Waals surface area contributed by atoms with Crippen molar-refractivity contribution < 1.29 is 19.4 Å². The number of nitrogens with one attached hydrogen (secondary N) is 3. The minimum Gasteiger partial charge on any atom is -0.388 e. The summed E-state index contributed by atoms with van der Waals surface area (Å²) in [6.45, 7) is 2.48. The van der Waals surface area contributed by atoms with Crippen LogP contribution in [0.15, 0.2) is 36.8 Å². The van der Waals surface area contributed by atoms with Crippen LogP contribution >= 0.6 is 0 Å². The second kappa shape index (κ2) is 10.4. The first-order valence-electron chi connectivity index (χ1n) is 11.8. The summed E-state index contributed by atoms with van der Waals surface area (Å²) in [5.74, 6) is 0.327. The van der Waals surface area contributed by atoms with Crippen molar-refractivity contribution >= 4 is 28.4 Å². The third kappa shape index (κ3) is 4.83. The van der Waals surface area contributed by atoms with Gasteiger partial charge in [0.25, 0.3) is 5.91 Å². The third-order valence-corrected chi connectivity index (χ3v) is 6.14. The van der Waals surface area contributed by atoms with Crippen molar-refractivity contribution in [3.63, 3.8) is 0 Å². The zero-order chi connectivity index (χ0) is 24.2. The molecule has 11 heteroatoms. The highest BCUT2D eigenvalue weighted by atomic mass is 16.5. The zero-order valence-electron chi connectivity index (χ0n) is 19.5. The molecule has 4 N–H and O–H groups in total. The van der Waals surface area contributed by atoms with E-state index in [2.05, 4.69) is 25.7 Å². The molecule has 1 amide bonds. The molecule has 35 heavy (non-hydrogen) atoms. The predicted octanol–water partition coefficient (Wildman–Crippen LogP) is 1.99. The number of fused-ring (bicyclic) bond motifs is 2. The van der Waals surface area contributed by atoms with Gasteiger partial charge in [-0.1, -0.05) is 0 Å². The average molecular weight is 480 g/mol. The van der Waals surface area contributed by atoms with Crippen molar-refractivity contribution in [2.24, 2.45) is 0 Å². The summed E-state index contributed by atoms with van der Waals surface area (Å²) in [4.78, 5) is 25.0. The second-order valence-electron chi connectivity index (χ2n) is 8.53. The number of aliphatic hydroxyl groups excluding tert-OH is 1. The normalized spacial score (nSPS) is 19.9. The molecule has 4 aromatic heterocycles. The monoisotopic (exact) mass is 479 g/mol. The second-order valence-corrected chi connectivity index (χ2v) is 8.53. The van der Waals surface area contributed by atoms with Crippen molar-refractivity contribution in [2.45, 2.75) is 31.4 Å². The SMILES string of the molecule is C1CCOCC1.CNc1cc(-c2c[nH]c3ncccc23)nc2c(C(=O)NC3COCC3O)cnn12. The highest BCUT2D eigenvalue weighted by Crippen LogP contribution is 2.29. The number of carbonyl (C=O) groups excluding carboxylic acids is 1. The minimum atomic E-state index is -0.726. The van der Waals surface area contributed by atoms with Gasteiger partial charge in [0.15, 0.2) is 5.65 Å². The first-order chi connectivity index (χ1) is 17.2. The summed E-state index contributed by atoms with van der Waals surface area (Å²) in [6, 6.07) is 5.24. The van der Waals surface area contributed by atoms with Gasteiger partial charge in [0.05, 0.1) is 37.3 Å². The lowest BCUT2D eigenvalue weighted by Crippen LogP contribution is -2.42. The smallest absolute Gasteiger partial charge is 0.257 e. The van der Waals surface area contributed by atoms with Crippen LogP contribution in [0.1, 0.15) is 29.6 Å². The predicted molar refractivity (Wildman–Crippen MR) is 130 cm³/mol. The number of hydrogen-bond donors (Lipinski definition) is 4. The van der Waals surface area contributed by atoms with Gasteiger partial charge < -0.3 is 30.2 Å². The molecule has 0 bridgehead atoms. The molecule has 0 aromatic carbocycles. The van der Waals surface area contributed by atoms with E-state index < -0.39 is 12.1 Å². The summed E-state index contributed by atoms with van der Waals surface area (Å²) < 4.78 is 11.8. The maximum absolute atomic E-state index is 12.8. The number of amides is 1. The van der Waals surface area contributed by atoms with Crippen LogP contribution in [0, 0.1) is 0 Å². The Morgan fingerprint density at radius 3 is 2.77 bits per heavy atom. The van der Waals surface area contributed by atoms with Crippen molar-refractivity contribution in [2.75, 3.05) is 38.8 Å². The Kier molecular flexibility index (Phi) is 6.89. The lowest BCUT2D eigenvalue weighted by molar-refractivity contribution is 0.0887. The van der Waals surface area contributed by atoms with Gasteiger partial charge in [0.1, 0.15) is 17.0 Å². The van der Waals surface area contributed by atoms with Gasteiger partial charge in [-0.05, 0) is 31.4 Å². The largest absolute Gasteiger partial charge is 0.388 e. The number of rotatable bonds is 4. The molecule has 184 valence electrons. The lowest BCUT2D eigenvalue weighted by Gasteiger charge is -2.14. The molecule has 0 spiro atoms. The van der Waals surface area contributed by atoms with Gasteiger partial charge in [-0.25, -0.2) is 9.97 Å². The van der Waals surface area contributed by atoms with Crippen molar-refractivity contribution in [1.82, 2.24) is 29.9 Å². The fourth-order valence-corrected chi connectivity index (χ4v) is 4.22. The average Bonchev–Trinajstić information content (AvgIpc) is 3.63. The summed E-state index contributed by atoms with van der Waals surface area (Å²) >= 11 is 0. The van der Waals surface area contributed by atoms with Crippen molar-refractivity contribution in [3.8, 4) is 11.3 Å². The van der Waals surface area contributed by atoms with Gasteiger partial charge >= 0.3 is 0 Å². The van der Waals surface area contributed by atoms with Gasteiger partial charge in [-0.2, -0.15) is 9.61 Å². The zero-order valence-corrected chi connectivity index (χ0v) is 19.5. The van der Waals surface area contributed by atoms with Crippen LogP contribution in [-0.2, 0) is 9.47 Å². The first kappa shape index (κ1) is 23.2. The fraction of sp³-hybridized carbons (Fsp3) is 0.417. The van der Waals surface area contributed by atoms with Crippen LogP contribution in [0.2, 0.25) is 0 Å². The molecule has 2 atom stereocenters. The van der Waals surface area contributed by atoms with Crippen molar-refractivity contribution in [1.29, 1.82) is 0 Å². The highest BCUT2D eigenvalue weighted by molar-refractivity contribution is 6.01. The molecular formula is C24H29N7O4. The molecule has 6 heterocycles. The topological polar surface area (TPSA) is 139 Å². The molecule has 2 unspecified atom stereocenters. The molecule has 2 aliphatic heterocycles. The number of anilines is 1. The van der Waals surface area contributed by atoms with Crippen LogP contribution in [0.5, 0.6) is 0 Å².